The molecule has 0 aliphatic carbocycles. The molecule has 1 amide bonds. The summed E-state index contributed by atoms with van der Waals surface area (Å²) in [4.78, 5) is 16.8. The number of hydrogen-bond acceptors (Lipinski definition) is 6. The molecule has 2 heterocycles. The molecule has 162 valence electrons. The molecule has 8 heteroatoms. The molecule has 4 rings (SSSR count). The molecule has 2 aromatic heterocycles. The van der Waals surface area contributed by atoms with Crippen molar-refractivity contribution in [2.24, 2.45) is 7.05 Å². The van der Waals surface area contributed by atoms with Gasteiger partial charge in [-0.1, -0.05) is 36.4 Å². The Bertz CT molecular complexity index is 1180. The van der Waals surface area contributed by atoms with E-state index in [-0.39, 0.29) is 12.5 Å². The number of aliphatic hydroxyl groups is 1. The van der Waals surface area contributed by atoms with E-state index >= 15 is 0 Å². The minimum absolute atomic E-state index is 0.181. The first-order chi connectivity index (χ1) is 15.7. The lowest BCUT2D eigenvalue weighted by Gasteiger charge is -2.17. The topological polar surface area (TPSA) is 105 Å². The van der Waals surface area contributed by atoms with Gasteiger partial charge in [0.2, 0.25) is 0 Å². The average molecular weight is 428 g/mol. The SMILES string of the molecule is Cn1c(CNc2cccc(C(=O)N[C@H](CO)c3ccccc3)c2)nnc1-c1ccncc1. The molecule has 3 N–H and O–H groups in total. The lowest BCUT2D eigenvalue weighted by Crippen LogP contribution is -2.30. The van der Waals surface area contributed by atoms with Crippen molar-refractivity contribution in [2.45, 2.75) is 12.6 Å². The van der Waals surface area contributed by atoms with Crippen LogP contribution in [0.25, 0.3) is 11.4 Å². The van der Waals surface area contributed by atoms with Crippen LogP contribution in [0.4, 0.5) is 5.69 Å². The number of benzene rings is 2. The van der Waals surface area contributed by atoms with Crippen LogP contribution < -0.4 is 10.6 Å². The zero-order chi connectivity index (χ0) is 22.3. The van der Waals surface area contributed by atoms with Crippen LogP contribution in [0.3, 0.4) is 0 Å². The van der Waals surface area contributed by atoms with Crippen molar-refractivity contribution in [2.75, 3.05) is 11.9 Å². The van der Waals surface area contributed by atoms with Gasteiger partial charge in [0.1, 0.15) is 0 Å². The minimum atomic E-state index is -0.467. The molecule has 0 saturated carbocycles. The summed E-state index contributed by atoms with van der Waals surface area (Å²) >= 11 is 0. The van der Waals surface area contributed by atoms with E-state index in [0.29, 0.717) is 12.1 Å². The number of carbonyl (C=O) groups is 1. The summed E-state index contributed by atoms with van der Waals surface area (Å²) < 4.78 is 1.92. The molecule has 1 atom stereocenters. The maximum absolute atomic E-state index is 12.7. The van der Waals surface area contributed by atoms with Gasteiger partial charge in [-0.15, -0.1) is 10.2 Å². The van der Waals surface area contributed by atoms with Crippen molar-refractivity contribution in [3.63, 3.8) is 0 Å². The Hall–Kier alpha value is -4.04. The Morgan fingerprint density at radius 3 is 2.56 bits per heavy atom. The highest BCUT2D eigenvalue weighted by Gasteiger charge is 2.15. The summed E-state index contributed by atoms with van der Waals surface area (Å²) in [6, 6.07) is 19.9. The Kier molecular flexibility index (Phi) is 6.52. The van der Waals surface area contributed by atoms with Gasteiger partial charge < -0.3 is 20.3 Å². The summed E-state index contributed by atoms with van der Waals surface area (Å²) in [5.74, 6) is 1.26. The van der Waals surface area contributed by atoms with Crippen LogP contribution in [0.15, 0.2) is 79.1 Å². The maximum Gasteiger partial charge on any atom is 0.251 e. The van der Waals surface area contributed by atoms with Crippen LogP contribution in [0, 0.1) is 0 Å². The van der Waals surface area contributed by atoms with Gasteiger partial charge in [-0.2, -0.15) is 0 Å². The molecule has 0 spiro atoms. The fourth-order valence-electron chi connectivity index (χ4n) is 3.38. The number of nitrogens with zero attached hydrogens (tertiary/aromatic N) is 4. The fourth-order valence-corrected chi connectivity index (χ4v) is 3.38. The number of nitrogens with one attached hydrogen (secondary N) is 2. The number of carbonyl (C=O) groups excluding carboxylic acids is 1. The van der Waals surface area contributed by atoms with E-state index in [1.165, 1.54) is 0 Å². The highest BCUT2D eigenvalue weighted by Crippen LogP contribution is 2.18. The average Bonchev–Trinajstić information content (AvgIpc) is 3.22. The number of hydrogen-bond donors (Lipinski definition) is 3. The van der Waals surface area contributed by atoms with Crippen molar-refractivity contribution in [3.8, 4) is 11.4 Å². The van der Waals surface area contributed by atoms with E-state index in [2.05, 4.69) is 25.8 Å². The zero-order valence-electron chi connectivity index (χ0n) is 17.6. The van der Waals surface area contributed by atoms with E-state index in [1.807, 2.05) is 66.2 Å². The van der Waals surface area contributed by atoms with Crippen LogP contribution in [0.5, 0.6) is 0 Å². The quantitative estimate of drug-likeness (QED) is 0.399. The third-order valence-corrected chi connectivity index (χ3v) is 5.17. The first-order valence-corrected chi connectivity index (χ1v) is 10.2. The Morgan fingerprint density at radius 2 is 1.81 bits per heavy atom. The Balaban J connectivity index is 1.42. The molecule has 8 nitrogen and oxygen atoms in total. The molecule has 0 fully saturated rings. The van der Waals surface area contributed by atoms with Crippen molar-refractivity contribution in [1.82, 2.24) is 25.1 Å². The van der Waals surface area contributed by atoms with E-state index in [4.69, 9.17) is 0 Å². The van der Waals surface area contributed by atoms with Gasteiger partial charge in [-0.05, 0) is 35.9 Å². The van der Waals surface area contributed by atoms with Crippen LogP contribution in [0.2, 0.25) is 0 Å². The lowest BCUT2D eigenvalue weighted by atomic mass is 10.1. The zero-order valence-corrected chi connectivity index (χ0v) is 17.6. The Morgan fingerprint density at radius 1 is 1.03 bits per heavy atom. The highest BCUT2D eigenvalue weighted by molar-refractivity contribution is 5.95. The van der Waals surface area contributed by atoms with Crippen molar-refractivity contribution in [3.05, 3.63) is 96.1 Å². The maximum atomic E-state index is 12.7. The smallest absolute Gasteiger partial charge is 0.251 e. The van der Waals surface area contributed by atoms with E-state index in [1.54, 1.807) is 24.5 Å². The first-order valence-electron chi connectivity index (χ1n) is 10.2. The number of aliphatic hydroxyl groups excluding tert-OH is 1. The summed E-state index contributed by atoms with van der Waals surface area (Å²) in [7, 11) is 1.91. The largest absolute Gasteiger partial charge is 0.394 e. The second-order valence-corrected chi connectivity index (χ2v) is 7.29. The second kappa shape index (κ2) is 9.84. The van der Waals surface area contributed by atoms with E-state index < -0.39 is 6.04 Å². The first kappa shape index (κ1) is 21.2. The molecule has 4 aromatic rings. The third-order valence-electron chi connectivity index (χ3n) is 5.17. The van der Waals surface area contributed by atoms with Crippen LogP contribution in [0.1, 0.15) is 27.8 Å². The number of amides is 1. The van der Waals surface area contributed by atoms with Crippen LogP contribution in [-0.4, -0.2) is 37.4 Å². The molecular formula is C24H24N6O2. The molecule has 0 aliphatic rings. The monoisotopic (exact) mass is 428 g/mol. The number of aromatic nitrogens is 4. The number of rotatable bonds is 8. The number of pyridine rings is 1. The lowest BCUT2D eigenvalue weighted by molar-refractivity contribution is 0.0916. The fraction of sp³-hybridized carbons (Fsp3) is 0.167. The summed E-state index contributed by atoms with van der Waals surface area (Å²) in [5.41, 5.74) is 3.08. The second-order valence-electron chi connectivity index (χ2n) is 7.29. The van der Waals surface area contributed by atoms with Gasteiger partial charge >= 0.3 is 0 Å². The van der Waals surface area contributed by atoms with Crippen molar-refractivity contribution in [1.29, 1.82) is 0 Å². The van der Waals surface area contributed by atoms with Gasteiger partial charge in [0.05, 0.1) is 19.2 Å². The molecule has 0 aliphatic heterocycles. The molecular weight excluding hydrogens is 404 g/mol. The van der Waals surface area contributed by atoms with Crippen molar-refractivity contribution < 1.29 is 9.90 Å². The normalized spacial score (nSPS) is 11.7. The minimum Gasteiger partial charge on any atom is -0.394 e. The van der Waals surface area contributed by atoms with Crippen molar-refractivity contribution >= 4 is 11.6 Å². The summed E-state index contributed by atoms with van der Waals surface area (Å²) in [5, 5.41) is 24.4. The molecule has 0 bridgehead atoms. The molecule has 2 aromatic carbocycles. The van der Waals surface area contributed by atoms with Gasteiger partial charge in [0, 0.05) is 36.3 Å². The predicted octanol–water partition coefficient (Wildman–Crippen LogP) is 2.95. The number of anilines is 1. The van der Waals surface area contributed by atoms with Crippen LogP contribution in [-0.2, 0) is 13.6 Å². The summed E-state index contributed by atoms with van der Waals surface area (Å²) in [6.07, 6.45) is 3.44. The molecule has 0 radical (unpaired) electrons. The van der Waals surface area contributed by atoms with Gasteiger partial charge in [-0.25, -0.2) is 0 Å². The molecule has 32 heavy (non-hydrogen) atoms. The van der Waals surface area contributed by atoms with E-state index in [9.17, 15) is 9.90 Å². The molecule has 0 saturated heterocycles. The van der Waals surface area contributed by atoms with Gasteiger partial charge in [0.15, 0.2) is 11.6 Å². The standard InChI is InChI=1S/C24H24N6O2/c1-30-22(28-29-23(30)18-10-12-25-13-11-18)15-26-20-9-5-8-19(14-20)24(32)27-21(16-31)17-6-3-2-4-7-17/h2-14,21,26,31H,15-16H2,1H3,(H,27,32)/t21-/m1/s1. The summed E-state index contributed by atoms with van der Waals surface area (Å²) in [6.45, 7) is 0.266. The Labute approximate surface area is 186 Å². The molecule has 0 unspecified atom stereocenters. The van der Waals surface area contributed by atoms with Gasteiger partial charge in [0.25, 0.3) is 5.91 Å². The third kappa shape index (κ3) is 4.81. The van der Waals surface area contributed by atoms with Gasteiger partial charge in [-0.3, -0.25) is 9.78 Å². The predicted molar refractivity (Wildman–Crippen MR) is 122 cm³/mol. The van der Waals surface area contributed by atoms with E-state index in [0.717, 1.165) is 28.5 Å². The highest BCUT2D eigenvalue weighted by atomic mass is 16.3. The van der Waals surface area contributed by atoms with Crippen LogP contribution >= 0.6 is 0 Å².